The Hall–Kier alpha value is -1.93. The van der Waals surface area contributed by atoms with Crippen LogP contribution in [-0.4, -0.2) is 17.1 Å². The maximum absolute atomic E-state index is 12.7. The second kappa shape index (κ2) is 6.05. The molecule has 0 fully saturated rings. The number of hydrogen-bond acceptors (Lipinski definition) is 2. The number of carboxylic acid groups (broad SMARTS) is 1. The van der Waals surface area contributed by atoms with Crippen LogP contribution in [0.5, 0.6) is 0 Å². The molecule has 0 spiro atoms. The molecule has 0 bridgehead atoms. The number of anilines is 1. The third kappa shape index (κ3) is 4.54. The summed E-state index contributed by atoms with van der Waals surface area (Å²) in [5, 5.41) is 11.2. The standard InChI is InChI=1S/C13H13F6NO2/c1-6(2)10(11(21)22)20-9-4-7(12(14,15)16)3-8(5-9)13(17,18)19/h3-6,10,20H,1-2H3,(H,21,22)/t10-/m0/s1. The summed E-state index contributed by atoms with van der Waals surface area (Å²) in [6, 6.07) is -0.429. The lowest BCUT2D eigenvalue weighted by Gasteiger charge is -2.21. The first-order chi connectivity index (χ1) is 9.82. The molecule has 1 aromatic carbocycles. The quantitative estimate of drug-likeness (QED) is 0.812. The van der Waals surface area contributed by atoms with Crippen LogP contribution in [0.4, 0.5) is 32.0 Å². The van der Waals surface area contributed by atoms with Gasteiger partial charge in [0.25, 0.3) is 0 Å². The normalized spacial score (nSPS) is 14.0. The highest BCUT2D eigenvalue weighted by molar-refractivity contribution is 5.77. The Balaban J connectivity index is 3.32. The maximum Gasteiger partial charge on any atom is 0.416 e. The Morgan fingerprint density at radius 3 is 1.68 bits per heavy atom. The van der Waals surface area contributed by atoms with E-state index in [0.717, 1.165) is 0 Å². The van der Waals surface area contributed by atoms with Gasteiger partial charge in [0.2, 0.25) is 0 Å². The lowest BCUT2D eigenvalue weighted by Crippen LogP contribution is -2.34. The molecule has 0 aromatic heterocycles. The average molecular weight is 329 g/mol. The maximum atomic E-state index is 12.7. The van der Waals surface area contributed by atoms with E-state index < -0.39 is 47.1 Å². The molecule has 22 heavy (non-hydrogen) atoms. The Labute approximate surface area is 121 Å². The van der Waals surface area contributed by atoms with Gasteiger partial charge in [-0.2, -0.15) is 26.3 Å². The Morgan fingerprint density at radius 1 is 1.00 bits per heavy atom. The van der Waals surface area contributed by atoms with Crippen molar-refractivity contribution < 1.29 is 36.2 Å². The van der Waals surface area contributed by atoms with Crippen LogP contribution >= 0.6 is 0 Å². The first kappa shape index (κ1) is 18.1. The van der Waals surface area contributed by atoms with Gasteiger partial charge in [0.1, 0.15) is 6.04 Å². The summed E-state index contributed by atoms with van der Waals surface area (Å²) < 4.78 is 76.1. The van der Waals surface area contributed by atoms with Gasteiger partial charge in [-0.1, -0.05) is 13.8 Å². The highest BCUT2D eigenvalue weighted by Crippen LogP contribution is 2.37. The molecule has 0 radical (unpaired) electrons. The molecule has 1 atom stereocenters. The second-order valence-corrected chi connectivity index (χ2v) is 5.00. The zero-order valence-electron chi connectivity index (χ0n) is 11.5. The molecule has 0 saturated carbocycles. The molecule has 3 nitrogen and oxygen atoms in total. The van der Waals surface area contributed by atoms with Crippen molar-refractivity contribution in [2.75, 3.05) is 5.32 Å². The summed E-state index contributed by atoms with van der Waals surface area (Å²) in [4.78, 5) is 11.0. The van der Waals surface area contributed by atoms with Crippen LogP contribution in [0.1, 0.15) is 25.0 Å². The van der Waals surface area contributed by atoms with Crippen molar-refractivity contribution >= 4 is 11.7 Å². The van der Waals surface area contributed by atoms with Crippen LogP contribution in [0.3, 0.4) is 0 Å². The minimum Gasteiger partial charge on any atom is -0.480 e. The van der Waals surface area contributed by atoms with E-state index in [2.05, 4.69) is 5.32 Å². The SMILES string of the molecule is CC(C)[C@H](Nc1cc(C(F)(F)F)cc(C(F)(F)F)c1)C(=O)O. The molecule has 1 aromatic rings. The summed E-state index contributed by atoms with van der Waals surface area (Å²) in [6.07, 6.45) is -9.96. The number of carbonyl (C=O) groups is 1. The van der Waals surface area contributed by atoms with E-state index in [4.69, 9.17) is 5.11 Å². The van der Waals surface area contributed by atoms with Crippen molar-refractivity contribution in [2.24, 2.45) is 5.92 Å². The van der Waals surface area contributed by atoms with Gasteiger partial charge in [-0.25, -0.2) is 4.79 Å². The molecule has 0 heterocycles. The molecule has 9 heteroatoms. The second-order valence-electron chi connectivity index (χ2n) is 5.00. The van der Waals surface area contributed by atoms with Crippen LogP contribution in [0.25, 0.3) is 0 Å². The summed E-state index contributed by atoms with van der Waals surface area (Å²) in [5.41, 5.74) is -3.56. The molecule has 0 aliphatic rings. The lowest BCUT2D eigenvalue weighted by atomic mass is 10.0. The molecule has 2 N–H and O–H groups in total. The van der Waals surface area contributed by atoms with Crippen LogP contribution in [-0.2, 0) is 17.1 Å². The first-order valence-electron chi connectivity index (χ1n) is 6.11. The number of halogens is 6. The number of carboxylic acids is 1. The number of rotatable bonds is 4. The average Bonchev–Trinajstić information content (AvgIpc) is 2.32. The van der Waals surface area contributed by atoms with Gasteiger partial charge in [-0.15, -0.1) is 0 Å². The molecule has 0 saturated heterocycles. The Kier molecular flexibility index (Phi) is 4.99. The fourth-order valence-corrected chi connectivity index (χ4v) is 1.73. The summed E-state index contributed by atoms with van der Waals surface area (Å²) in [7, 11) is 0. The van der Waals surface area contributed by atoms with Crippen molar-refractivity contribution in [3.63, 3.8) is 0 Å². The zero-order chi connectivity index (χ0) is 17.3. The van der Waals surface area contributed by atoms with Crippen LogP contribution in [0.15, 0.2) is 18.2 Å². The molecule has 0 amide bonds. The van der Waals surface area contributed by atoms with E-state index in [1.54, 1.807) is 0 Å². The summed E-state index contributed by atoms with van der Waals surface area (Å²) in [6.45, 7) is 2.95. The van der Waals surface area contributed by atoms with Crippen molar-refractivity contribution in [1.82, 2.24) is 0 Å². The van der Waals surface area contributed by atoms with E-state index in [-0.39, 0.29) is 6.07 Å². The van der Waals surface area contributed by atoms with E-state index in [0.29, 0.717) is 12.1 Å². The van der Waals surface area contributed by atoms with Gasteiger partial charge in [-0.05, 0) is 24.1 Å². The Morgan fingerprint density at radius 2 is 1.41 bits per heavy atom. The molecule has 124 valence electrons. The van der Waals surface area contributed by atoms with E-state index in [1.165, 1.54) is 13.8 Å². The van der Waals surface area contributed by atoms with Gasteiger partial charge in [0.05, 0.1) is 11.1 Å². The van der Waals surface area contributed by atoms with Gasteiger partial charge in [-0.3, -0.25) is 0 Å². The number of nitrogens with one attached hydrogen (secondary N) is 1. The minimum absolute atomic E-state index is 0.0175. The fourth-order valence-electron chi connectivity index (χ4n) is 1.73. The third-order valence-corrected chi connectivity index (χ3v) is 2.84. The molecule has 0 unspecified atom stereocenters. The lowest BCUT2D eigenvalue weighted by molar-refractivity contribution is -0.143. The number of alkyl halides is 6. The fraction of sp³-hybridized carbons (Fsp3) is 0.462. The topological polar surface area (TPSA) is 49.3 Å². The third-order valence-electron chi connectivity index (χ3n) is 2.84. The molecule has 0 aliphatic heterocycles. The van der Waals surface area contributed by atoms with E-state index in [1.807, 2.05) is 0 Å². The highest BCUT2D eigenvalue weighted by atomic mass is 19.4. The summed E-state index contributed by atoms with van der Waals surface area (Å²) in [5.74, 6) is -1.91. The number of hydrogen-bond donors (Lipinski definition) is 2. The van der Waals surface area contributed by atoms with Crippen molar-refractivity contribution in [1.29, 1.82) is 0 Å². The Bertz CT molecular complexity index is 518. The van der Waals surface area contributed by atoms with E-state index in [9.17, 15) is 31.1 Å². The van der Waals surface area contributed by atoms with Gasteiger partial charge in [0.15, 0.2) is 0 Å². The first-order valence-corrected chi connectivity index (χ1v) is 6.11. The monoisotopic (exact) mass is 329 g/mol. The molecule has 0 aliphatic carbocycles. The van der Waals surface area contributed by atoms with Gasteiger partial charge >= 0.3 is 18.3 Å². The minimum atomic E-state index is -4.98. The van der Waals surface area contributed by atoms with E-state index >= 15 is 0 Å². The van der Waals surface area contributed by atoms with Crippen LogP contribution < -0.4 is 5.32 Å². The van der Waals surface area contributed by atoms with Crippen molar-refractivity contribution in [3.8, 4) is 0 Å². The highest BCUT2D eigenvalue weighted by Gasteiger charge is 2.37. The largest absolute Gasteiger partial charge is 0.480 e. The summed E-state index contributed by atoms with van der Waals surface area (Å²) >= 11 is 0. The van der Waals surface area contributed by atoms with Gasteiger partial charge < -0.3 is 10.4 Å². The predicted molar refractivity (Wildman–Crippen MR) is 66.3 cm³/mol. The van der Waals surface area contributed by atoms with Crippen molar-refractivity contribution in [2.45, 2.75) is 32.2 Å². The van der Waals surface area contributed by atoms with Gasteiger partial charge in [0, 0.05) is 5.69 Å². The number of benzene rings is 1. The molecular formula is C13H13F6NO2. The van der Waals surface area contributed by atoms with Crippen molar-refractivity contribution in [3.05, 3.63) is 29.3 Å². The molecular weight excluding hydrogens is 316 g/mol. The number of aliphatic carboxylic acids is 1. The molecule has 1 rings (SSSR count). The van der Waals surface area contributed by atoms with Crippen LogP contribution in [0, 0.1) is 5.92 Å². The van der Waals surface area contributed by atoms with Crippen LogP contribution in [0.2, 0.25) is 0 Å². The predicted octanol–water partition coefficient (Wildman–Crippen LogP) is 4.25. The smallest absolute Gasteiger partial charge is 0.416 e. The zero-order valence-corrected chi connectivity index (χ0v) is 11.5.